The van der Waals surface area contributed by atoms with Gasteiger partial charge < -0.3 is 0 Å². The van der Waals surface area contributed by atoms with Gasteiger partial charge in [0, 0.05) is 23.0 Å². The third-order valence-corrected chi connectivity index (χ3v) is 5.41. The highest BCUT2D eigenvalue weighted by molar-refractivity contribution is 6.37. The Kier molecular flexibility index (Phi) is 6.89. The zero-order chi connectivity index (χ0) is 19.2. The van der Waals surface area contributed by atoms with Crippen molar-refractivity contribution in [3.8, 4) is 0 Å². The van der Waals surface area contributed by atoms with Gasteiger partial charge in [0.25, 0.3) is 0 Å². The number of hydrogen-bond acceptors (Lipinski definition) is 3. The summed E-state index contributed by atoms with van der Waals surface area (Å²) in [5, 5.41) is 5.32. The lowest BCUT2D eigenvalue weighted by Gasteiger charge is -2.30. The number of nitrogens with one attached hydrogen (secondary N) is 1. The molecule has 3 rings (SSSR count). The maximum absolute atomic E-state index is 12.4. The summed E-state index contributed by atoms with van der Waals surface area (Å²) in [5.74, 6) is -0.0342. The van der Waals surface area contributed by atoms with Gasteiger partial charge in [-0.15, -0.1) is 0 Å². The maximum atomic E-state index is 12.4. The number of rotatable bonds is 5. The third-order valence-electron chi connectivity index (χ3n) is 4.86. The molecule has 0 saturated carbocycles. The van der Waals surface area contributed by atoms with E-state index in [0.29, 0.717) is 15.8 Å². The molecule has 1 amide bonds. The molecule has 1 N–H and O–H groups in total. The number of piperidine rings is 1. The Bertz CT molecular complexity index is 815. The van der Waals surface area contributed by atoms with Crippen molar-refractivity contribution in [1.29, 1.82) is 0 Å². The number of amides is 1. The molecule has 0 spiro atoms. The Morgan fingerprint density at radius 2 is 1.85 bits per heavy atom. The molecule has 0 bridgehead atoms. The molecule has 1 aliphatic heterocycles. The van der Waals surface area contributed by atoms with Crippen molar-refractivity contribution in [2.45, 2.75) is 26.3 Å². The van der Waals surface area contributed by atoms with Crippen LogP contribution >= 0.6 is 23.2 Å². The fourth-order valence-electron chi connectivity index (χ4n) is 3.27. The van der Waals surface area contributed by atoms with E-state index < -0.39 is 0 Å². The largest absolute Gasteiger partial charge is 0.299 e. The summed E-state index contributed by atoms with van der Waals surface area (Å²) in [6.07, 6.45) is 1.68. The maximum Gasteiger partial charge on any atom is 0.243 e. The summed E-state index contributed by atoms with van der Waals surface area (Å²) in [5.41, 5.74) is 5.42. The van der Waals surface area contributed by atoms with E-state index in [1.54, 1.807) is 18.2 Å². The smallest absolute Gasteiger partial charge is 0.243 e. The molecule has 1 heterocycles. The molecule has 0 radical (unpaired) electrons. The first-order valence-corrected chi connectivity index (χ1v) is 9.84. The molecule has 1 aliphatic rings. The predicted molar refractivity (Wildman–Crippen MR) is 111 cm³/mol. The summed E-state index contributed by atoms with van der Waals surface area (Å²) >= 11 is 12.1. The number of likely N-dealkylation sites (tertiary alicyclic amines) is 1. The average Bonchev–Trinajstić information content (AvgIpc) is 2.67. The van der Waals surface area contributed by atoms with Crippen molar-refractivity contribution < 1.29 is 4.79 Å². The Morgan fingerprint density at radius 1 is 1.15 bits per heavy atom. The summed E-state index contributed by atoms with van der Waals surface area (Å²) in [6, 6.07) is 15.6. The molecule has 0 atom stereocenters. The molecule has 1 saturated heterocycles. The fourth-order valence-corrected chi connectivity index (χ4v) is 3.81. The predicted octanol–water partition coefficient (Wildman–Crippen LogP) is 4.75. The molecule has 142 valence electrons. The van der Waals surface area contributed by atoms with Crippen molar-refractivity contribution in [1.82, 2.24) is 10.3 Å². The summed E-state index contributed by atoms with van der Waals surface area (Å²) in [4.78, 5) is 14.8. The van der Waals surface area contributed by atoms with Crippen molar-refractivity contribution >= 4 is 34.8 Å². The molecule has 2 aromatic carbocycles. The van der Waals surface area contributed by atoms with E-state index >= 15 is 0 Å². The molecule has 0 aromatic heterocycles. The lowest BCUT2D eigenvalue weighted by molar-refractivity contribution is -0.126. The Balaban J connectivity index is 1.50. The van der Waals surface area contributed by atoms with E-state index in [-0.39, 0.29) is 11.8 Å². The van der Waals surface area contributed by atoms with Crippen molar-refractivity contribution in [2.75, 3.05) is 13.1 Å². The van der Waals surface area contributed by atoms with Gasteiger partial charge in [-0.1, -0.05) is 59.6 Å². The Labute approximate surface area is 170 Å². The lowest BCUT2D eigenvalue weighted by atomic mass is 9.96. The van der Waals surface area contributed by atoms with E-state index in [4.69, 9.17) is 23.2 Å². The number of benzene rings is 2. The van der Waals surface area contributed by atoms with E-state index in [9.17, 15) is 4.79 Å². The van der Waals surface area contributed by atoms with Crippen molar-refractivity contribution in [3.63, 3.8) is 0 Å². The Hall–Kier alpha value is -1.88. The second-order valence-corrected chi connectivity index (χ2v) is 7.68. The topological polar surface area (TPSA) is 44.7 Å². The van der Waals surface area contributed by atoms with Crippen LogP contribution in [0.1, 0.15) is 30.9 Å². The van der Waals surface area contributed by atoms with Gasteiger partial charge in [0.05, 0.1) is 10.7 Å². The number of halogens is 2. The van der Waals surface area contributed by atoms with Crippen LogP contribution in [-0.2, 0) is 11.3 Å². The lowest BCUT2D eigenvalue weighted by Crippen LogP contribution is -2.39. The van der Waals surface area contributed by atoms with Crippen LogP contribution < -0.4 is 5.43 Å². The molecule has 0 aliphatic carbocycles. The number of hydrogen-bond donors (Lipinski definition) is 1. The van der Waals surface area contributed by atoms with Gasteiger partial charge in [0.2, 0.25) is 5.91 Å². The van der Waals surface area contributed by atoms with Gasteiger partial charge in [-0.05, 0) is 50.6 Å². The summed E-state index contributed by atoms with van der Waals surface area (Å²) in [6.45, 7) is 4.58. The van der Waals surface area contributed by atoms with Crippen LogP contribution in [0.25, 0.3) is 0 Å². The molecule has 4 nitrogen and oxygen atoms in total. The van der Waals surface area contributed by atoms with Crippen molar-refractivity contribution in [3.05, 3.63) is 69.7 Å². The molecular formula is C21H23Cl2N3O. The first-order valence-electron chi connectivity index (χ1n) is 9.09. The third kappa shape index (κ3) is 5.55. The highest BCUT2D eigenvalue weighted by atomic mass is 35.5. The number of carbonyl (C=O) groups excluding carboxylic acids is 1. The quantitative estimate of drug-likeness (QED) is 0.578. The molecule has 6 heteroatoms. The van der Waals surface area contributed by atoms with Crippen LogP contribution in [0.2, 0.25) is 10.0 Å². The minimum absolute atomic E-state index is 0.00531. The highest BCUT2D eigenvalue weighted by Crippen LogP contribution is 2.22. The van der Waals surface area contributed by atoms with E-state index in [0.717, 1.165) is 38.0 Å². The second kappa shape index (κ2) is 9.36. The van der Waals surface area contributed by atoms with Crippen LogP contribution in [-0.4, -0.2) is 29.6 Å². The van der Waals surface area contributed by atoms with Gasteiger partial charge in [-0.3, -0.25) is 9.69 Å². The fraction of sp³-hybridized carbons (Fsp3) is 0.333. The number of carbonyl (C=O) groups is 1. The monoisotopic (exact) mass is 403 g/mol. The van der Waals surface area contributed by atoms with E-state index in [2.05, 4.69) is 39.7 Å². The number of nitrogens with zero attached hydrogens (tertiary/aromatic N) is 2. The molecule has 0 unspecified atom stereocenters. The summed E-state index contributed by atoms with van der Waals surface area (Å²) < 4.78 is 0. The minimum Gasteiger partial charge on any atom is -0.299 e. The van der Waals surface area contributed by atoms with E-state index in [1.807, 2.05) is 13.0 Å². The zero-order valence-electron chi connectivity index (χ0n) is 15.3. The van der Waals surface area contributed by atoms with Crippen LogP contribution in [0.15, 0.2) is 53.6 Å². The standard InChI is InChI=1S/C21H23Cl2N3O/c1-15(19-8-7-18(22)13-20(19)23)24-25-21(27)17-9-11-26(12-10-17)14-16-5-3-2-4-6-16/h2-8,13,17H,9-12,14H2,1H3,(H,25,27)/b24-15+. The molecule has 2 aromatic rings. The van der Waals surface area contributed by atoms with Gasteiger partial charge in [0.1, 0.15) is 0 Å². The van der Waals surface area contributed by atoms with Gasteiger partial charge in [-0.25, -0.2) is 5.43 Å². The highest BCUT2D eigenvalue weighted by Gasteiger charge is 2.24. The first-order chi connectivity index (χ1) is 13.0. The van der Waals surface area contributed by atoms with Crippen LogP contribution in [0.5, 0.6) is 0 Å². The first kappa shape index (κ1) is 19.9. The van der Waals surface area contributed by atoms with Crippen LogP contribution in [0.3, 0.4) is 0 Å². The number of hydrazone groups is 1. The SMILES string of the molecule is C/C(=N\NC(=O)C1CCN(Cc2ccccc2)CC1)c1ccc(Cl)cc1Cl. The second-order valence-electron chi connectivity index (χ2n) is 6.83. The van der Waals surface area contributed by atoms with Gasteiger partial charge in [-0.2, -0.15) is 5.10 Å². The van der Waals surface area contributed by atoms with Crippen LogP contribution in [0, 0.1) is 5.92 Å². The normalized spacial score (nSPS) is 16.3. The molecule has 27 heavy (non-hydrogen) atoms. The van der Waals surface area contributed by atoms with Crippen molar-refractivity contribution in [2.24, 2.45) is 11.0 Å². The zero-order valence-corrected chi connectivity index (χ0v) is 16.8. The van der Waals surface area contributed by atoms with Gasteiger partial charge >= 0.3 is 0 Å². The van der Waals surface area contributed by atoms with E-state index in [1.165, 1.54) is 5.56 Å². The average molecular weight is 404 g/mol. The minimum atomic E-state index is -0.0289. The van der Waals surface area contributed by atoms with Gasteiger partial charge in [0.15, 0.2) is 0 Å². The summed E-state index contributed by atoms with van der Waals surface area (Å²) in [7, 11) is 0. The molecular weight excluding hydrogens is 381 g/mol. The Morgan fingerprint density at radius 3 is 2.52 bits per heavy atom. The molecule has 1 fully saturated rings. The van der Waals surface area contributed by atoms with Crippen LogP contribution in [0.4, 0.5) is 0 Å².